The van der Waals surface area contributed by atoms with Crippen molar-refractivity contribution in [2.75, 3.05) is 5.32 Å². The smallest absolute Gasteiger partial charge is 0.143 e. The van der Waals surface area contributed by atoms with Crippen molar-refractivity contribution in [3.63, 3.8) is 0 Å². The molecule has 0 aliphatic rings. The van der Waals surface area contributed by atoms with Crippen LogP contribution in [0.25, 0.3) is 0 Å². The highest BCUT2D eigenvalue weighted by atomic mass is 35.5. The number of anilines is 1. The maximum atomic E-state index is 13.3. The van der Waals surface area contributed by atoms with Gasteiger partial charge in [0.25, 0.3) is 0 Å². The van der Waals surface area contributed by atoms with Crippen LogP contribution in [-0.2, 0) is 0 Å². The largest absolute Gasteiger partial charge is 0.382 e. The molecule has 0 radical (unpaired) electrons. The Bertz CT molecular complexity index is 354. The summed E-state index contributed by atoms with van der Waals surface area (Å²) in [5.41, 5.74) is 0.807. The first-order valence-corrected chi connectivity index (χ1v) is 6.66. The molecule has 0 amide bonds. The number of hydrogen-bond acceptors (Lipinski definition) is 1. The van der Waals surface area contributed by atoms with Crippen molar-refractivity contribution >= 4 is 17.3 Å². The van der Waals surface area contributed by atoms with Crippen LogP contribution in [0.5, 0.6) is 0 Å². The number of halogens is 2. The van der Waals surface area contributed by atoms with Gasteiger partial charge in [0.15, 0.2) is 0 Å². The van der Waals surface area contributed by atoms with Crippen LogP contribution in [0.1, 0.15) is 40.0 Å². The summed E-state index contributed by atoms with van der Waals surface area (Å²) in [4.78, 5) is 0. The molecule has 1 N–H and O–H groups in total. The molecule has 96 valence electrons. The molecule has 0 spiro atoms. The van der Waals surface area contributed by atoms with Crippen molar-refractivity contribution in [2.24, 2.45) is 5.92 Å². The summed E-state index contributed by atoms with van der Waals surface area (Å²) >= 11 is 5.66. The molecule has 0 aliphatic heterocycles. The molecule has 1 rings (SSSR count). The van der Waals surface area contributed by atoms with Crippen LogP contribution >= 0.6 is 11.6 Å². The molecule has 0 bridgehead atoms. The second-order valence-corrected chi connectivity index (χ2v) is 5.03. The number of nitrogens with one attached hydrogen (secondary N) is 1. The molecule has 0 fully saturated rings. The Kier molecular flexibility index (Phi) is 5.76. The average molecular weight is 258 g/mol. The molecule has 3 heteroatoms. The van der Waals surface area contributed by atoms with Crippen LogP contribution in [0.2, 0.25) is 5.02 Å². The van der Waals surface area contributed by atoms with Gasteiger partial charge in [0.1, 0.15) is 5.82 Å². The van der Waals surface area contributed by atoms with E-state index in [0.717, 1.165) is 18.5 Å². The van der Waals surface area contributed by atoms with Crippen LogP contribution in [0.4, 0.5) is 10.1 Å². The monoisotopic (exact) mass is 257 g/mol. The minimum atomic E-state index is -0.366. The van der Waals surface area contributed by atoms with E-state index >= 15 is 0 Å². The topological polar surface area (TPSA) is 12.0 Å². The van der Waals surface area contributed by atoms with E-state index in [2.05, 4.69) is 26.1 Å². The van der Waals surface area contributed by atoms with Gasteiger partial charge in [-0.25, -0.2) is 4.39 Å². The molecule has 1 aromatic rings. The Labute approximate surface area is 108 Å². The van der Waals surface area contributed by atoms with Gasteiger partial charge in [-0.05, 0) is 37.0 Å². The first-order valence-electron chi connectivity index (χ1n) is 6.28. The fraction of sp³-hybridized carbons (Fsp3) is 0.571. The molecule has 1 aromatic carbocycles. The molecule has 0 saturated heterocycles. The van der Waals surface area contributed by atoms with E-state index in [1.165, 1.54) is 12.5 Å². The van der Waals surface area contributed by atoms with Crippen molar-refractivity contribution < 1.29 is 4.39 Å². The summed E-state index contributed by atoms with van der Waals surface area (Å²) in [6, 6.07) is 5.27. The minimum Gasteiger partial charge on any atom is -0.382 e. The second-order valence-electron chi connectivity index (χ2n) is 4.63. The molecular formula is C14H21ClFN. The first kappa shape index (κ1) is 14.3. The summed E-state index contributed by atoms with van der Waals surface area (Å²) in [5, 5.41) is 3.54. The molecular weight excluding hydrogens is 237 g/mol. The fourth-order valence-corrected chi connectivity index (χ4v) is 1.92. The summed E-state index contributed by atoms with van der Waals surface area (Å²) < 4.78 is 13.3. The van der Waals surface area contributed by atoms with Crippen LogP contribution in [0.3, 0.4) is 0 Å². The Morgan fingerprint density at radius 2 is 2.00 bits per heavy atom. The number of rotatable bonds is 6. The van der Waals surface area contributed by atoms with Gasteiger partial charge in [0, 0.05) is 11.7 Å². The molecule has 17 heavy (non-hydrogen) atoms. The van der Waals surface area contributed by atoms with Crippen LogP contribution in [0, 0.1) is 11.7 Å². The average Bonchev–Trinajstić information content (AvgIpc) is 2.32. The Hall–Kier alpha value is -0.760. The molecule has 1 nitrogen and oxygen atoms in total. The fourth-order valence-electron chi connectivity index (χ4n) is 1.80. The SMILES string of the molecule is CCC(C)CC(CC)Nc1ccc(Cl)c(F)c1. The summed E-state index contributed by atoms with van der Waals surface area (Å²) in [5.74, 6) is 0.319. The lowest BCUT2D eigenvalue weighted by molar-refractivity contribution is 0.461. The quantitative estimate of drug-likeness (QED) is 0.747. The lowest BCUT2D eigenvalue weighted by atomic mass is 9.97. The van der Waals surface area contributed by atoms with Gasteiger partial charge in [0.2, 0.25) is 0 Å². The summed E-state index contributed by atoms with van der Waals surface area (Å²) in [7, 11) is 0. The lowest BCUT2D eigenvalue weighted by Crippen LogP contribution is -2.21. The molecule has 0 aromatic heterocycles. The van der Waals surface area contributed by atoms with Gasteiger partial charge in [-0.2, -0.15) is 0 Å². The third-order valence-electron chi connectivity index (χ3n) is 3.17. The second kappa shape index (κ2) is 6.85. The molecule has 0 saturated carbocycles. The third-order valence-corrected chi connectivity index (χ3v) is 3.47. The Morgan fingerprint density at radius 3 is 2.53 bits per heavy atom. The lowest BCUT2D eigenvalue weighted by Gasteiger charge is -2.21. The maximum absolute atomic E-state index is 13.3. The molecule has 0 heterocycles. The standard InChI is InChI=1S/C14H21ClFN/c1-4-10(3)8-11(5-2)17-12-6-7-13(15)14(16)9-12/h6-7,9-11,17H,4-5,8H2,1-3H3. The predicted octanol–water partition coefficient (Wildman–Crippen LogP) is 5.11. The van der Waals surface area contributed by atoms with E-state index < -0.39 is 0 Å². The normalized spacial score (nSPS) is 14.4. The number of hydrogen-bond donors (Lipinski definition) is 1. The highest BCUT2D eigenvalue weighted by Gasteiger charge is 2.11. The van der Waals surface area contributed by atoms with E-state index in [4.69, 9.17) is 11.6 Å². The van der Waals surface area contributed by atoms with E-state index in [9.17, 15) is 4.39 Å². The van der Waals surface area contributed by atoms with Gasteiger partial charge in [-0.3, -0.25) is 0 Å². The van der Waals surface area contributed by atoms with Crippen molar-refractivity contribution in [1.82, 2.24) is 0 Å². The van der Waals surface area contributed by atoms with Gasteiger partial charge in [-0.1, -0.05) is 38.8 Å². The van der Waals surface area contributed by atoms with E-state index in [1.54, 1.807) is 6.07 Å². The van der Waals surface area contributed by atoms with Crippen LogP contribution in [-0.4, -0.2) is 6.04 Å². The Morgan fingerprint density at radius 1 is 1.29 bits per heavy atom. The van der Waals surface area contributed by atoms with Crippen LogP contribution < -0.4 is 5.32 Å². The highest BCUT2D eigenvalue weighted by molar-refractivity contribution is 6.30. The Balaban J connectivity index is 2.63. The van der Waals surface area contributed by atoms with Gasteiger partial charge < -0.3 is 5.32 Å². The van der Waals surface area contributed by atoms with Gasteiger partial charge in [-0.15, -0.1) is 0 Å². The van der Waals surface area contributed by atoms with Crippen molar-refractivity contribution in [2.45, 2.75) is 46.1 Å². The molecule has 2 unspecified atom stereocenters. The van der Waals surface area contributed by atoms with Gasteiger partial charge in [0.05, 0.1) is 5.02 Å². The third kappa shape index (κ3) is 4.55. The predicted molar refractivity (Wildman–Crippen MR) is 73.2 cm³/mol. The molecule has 2 atom stereocenters. The zero-order valence-corrected chi connectivity index (χ0v) is 11.5. The highest BCUT2D eigenvalue weighted by Crippen LogP contribution is 2.21. The zero-order valence-electron chi connectivity index (χ0n) is 10.8. The molecule has 0 aliphatic carbocycles. The van der Waals surface area contributed by atoms with Crippen molar-refractivity contribution in [1.29, 1.82) is 0 Å². The minimum absolute atomic E-state index is 0.172. The van der Waals surface area contributed by atoms with E-state index in [-0.39, 0.29) is 10.8 Å². The van der Waals surface area contributed by atoms with E-state index in [0.29, 0.717) is 12.0 Å². The van der Waals surface area contributed by atoms with Crippen molar-refractivity contribution in [3.8, 4) is 0 Å². The summed E-state index contributed by atoms with van der Waals surface area (Å²) in [6.07, 6.45) is 3.32. The summed E-state index contributed by atoms with van der Waals surface area (Å²) in [6.45, 7) is 6.58. The first-order chi connectivity index (χ1) is 8.06. The maximum Gasteiger partial charge on any atom is 0.143 e. The van der Waals surface area contributed by atoms with Gasteiger partial charge >= 0.3 is 0 Å². The van der Waals surface area contributed by atoms with E-state index in [1.807, 2.05) is 6.07 Å². The van der Waals surface area contributed by atoms with Crippen molar-refractivity contribution in [3.05, 3.63) is 29.0 Å². The van der Waals surface area contributed by atoms with Crippen LogP contribution in [0.15, 0.2) is 18.2 Å². The number of benzene rings is 1. The zero-order chi connectivity index (χ0) is 12.8.